The Labute approximate surface area is 146 Å². The van der Waals surface area contributed by atoms with Gasteiger partial charge in [-0.05, 0) is 42.3 Å². The lowest BCUT2D eigenvalue weighted by Crippen LogP contribution is -2.17. The predicted octanol–water partition coefficient (Wildman–Crippen LogP) is 4.49. The third kappa shape index (κ3) is 4.44. The molecule has 138 valence electrons. The van der Waals surface area contributed by atoms with Gasteiger partial charge in [0.2, 0.25) is 0 Å². The first-order valence-corrected chi connectivity index (χ1v) is 7.74. The molecular formula is C18H14F4O4. The number of carboxylic acids is 1. The van der Waals surface area contributed by atoms with Crippen molar-refractivity contribution in [1.82, 2.24) is 0 Å². The summed E-state index contributed by atoms with van der Waals surface area (Å²) >= 11 is 0. The maximum absolute atomic E-state index is 13.9. The van der Waals surface area contributed by atoms with Crippen molar-refractivity contribution in [1.29, 1.82) is 0 Å². The lowest BCUT2D eigenvalue weighted by Gasteiger charge is -2.11. The second-order valence-electron chi connectivity index (χ2n) is 5.97. The molecule has 0 spiro atoms. The van der Waals surface area contributed by atoms with Crippen molar-refractivity contribution in [2.45, 2.75) is 12.8 Å². The molecule has 2 atom stereocenters. The Morgan fingerprint density at radius 3 is 2.35 bits per heavy atom. The third-order valence-electron chi connectivity index (χ3n) is 4.04. The van der Waals surface area contributed by atoms with E-state index in [0.29, 0.717) is 17.7 Å². The Morgan fingerprint density at radius 1 is 1.12 bits per heavy atom. The number of alkyl halides is 3. The van der Waals surface area contributed by atoms with Gasteiger partial charge in [0.05, 0.1) is 12.5 Å². The van der Waals surface area contributed by atoms with Crippen LogP contribution in [0.15, 0.2) is 42.5 Å². The Bertz CT molecular complexity index is 802. The first kappa shape index (κ1) is 18.0. The molecule has 8 heteroatoms. The molecule has 0 aromatic heterocycles. The fourth-order valence-electron chi connectivity index (χ4n) is 2.59. The molecule has 0 bridgehead atoms. The minimum Gasteiger partial charge on any atom is -0.493 e. The number of hydrogen-bond donors (Lipinski definition) is 1. The van der Waals surface area contributed by atoms with Crippen LogP contribution in [0.4, 0.5) is 17.6 Å². The standard InChI is InChI=1S/C18H14F4O4/c19-16-6-5-13(26-18(20,21)22)8-14(16)10-1-3-12(4-2-10)25-9-11-7-15(11)17(23)24/h1-6,8,11,15H,7,9H2,(H,23,24). The number of carboxylic acid groups (broad SMARTS) is 1. The first-order valence-electron chi connectivity index (χ1n) is 7.74. The number of carbonyl (C=O) groups is 1. The highest BCUT2D eigenvalue weighted by atomic mass is 19.4. The summed E-state index contributed by atoms with van der Waals surface area (Å²) in [6.45, 7) is 0.263. The normalized spacial score (nSPS) is 19.1. The van der Waals surface area contributed by atoms with Gasteiger partial charge in [0.25, 0.3) is 0 Å². The molecule has 1 N–H and O–H groups in total. The van der Waals surface area contributed by atoms with Gasteiger partial charge in [0.15, 0.2) is 0 Å². The molecule has 1 fully saturated rings. The van der Waals surface area contributed by atoms with E-state index in [4.69, 9.17) is 9.84 Å². The van der Waals surface area contributed by atoms with Crippen molar-refractivity contribution in [2.75, 3.05) is 6.61 Å². The van der Waals surface area contributed by atoms with Crippen LogP contribution in [-0.2, 0) is 4.79 Å². The van der Waals surface area contributed by atoms with E-state index in [1.54, 1.807) is 12.1 Å². The minimum atomic E-state index is -4.86. The van der Waals surface area contributed by atoms with E-state index in [9.17, 15) is 22.4 Å². The van der Waals surface area contributed by atoms with Gasteiger partial charge in [0.1, 0.15) is 17.3 Å². The van der Waals surface area contributed by atoms with Crippen molar-refractivity contribution in [3.8, 4) is 22.6 Å². The van der Waals surface area contributed by atoms with E-state index < -0.39 is 23.9 Å². The number of ether oxygens (including phenoxy) is 2. The monoisotopic (exact) mass is 370 g/mol. The Hall–Kier alpha value is -2.77. The maximum atomic E-state index is 13.9. The molecule has 0 saturated heterocycles. The highest BCUT2D eigenvalue weighted by Crippen LogP contribution is 2.39. The number of halogens is 4. The van der Waals surface area contributed by atoms with Crippen molar-refractivity contribution < 1.29 is 36.9 Å². The SMILES string of the molecule is O=C(O)C1CC1COc1ccc(-c2cc(OC(F)(F)F)ccc2F)cc1. The van der Waals surface area contributed by atoms with E-state index in [0.717, 1.165) is 18.2 Å². The molecule has 0 radical (unpaired) electrons. The van der Waals surface area contributed by atoms with Crippen LogP contribution in [0.3, 0.4) is 0 Å². The van der Waals surface area contributed by atoms with Crippen LogP contribution < -0.4 is 9.47 Å². The van der Waals surface area contributed by atoms with Crippen LogP contribution in [0.1, 0.15) is 6.42 Å². The molecule has 1 saturated carbocycles. The Balaban J connectivity index is 1.68. The fourth-order valence-corrected chi connectivity index (χ4v) is 2.59. The lowest BCUT2D eigenvalue weighted by atomic mass is 10.0. The predicted molar refractivity (Wildman–Crippen MR) is 83.2 cm³/mol. The first-order chi connectivity index (χ1) is 12.2. The molecular weight excluding hydrogens is 356 g/mol. The zero-order valence-corrected chi connectivity index (χ0v) is 13.3. The molecule has 26 heavy (non-hydrogen) atoms. The van der Waals surface area contributed by atoms with Gasteiger partial charge in [-0.15, -0.1) is 13.2 Å². The Kier molecular flexibility index (Phi) is 4.76. The third-order valence-corrected chi connectivity index (χ3v) is 4.04. The molecule has 0 aliphatic heterocycles. The van der Waals surface area contributed by atoms with Crippen LogP contribution in [0, 0.1) is 17.7 Å². The quantitative estimate of drug-likeness (QED) is 0.762. The summed E-state index contributed by atoms with van der Waals surface area (Å²) in [5.74, 6) is -1.98. The summed E-state index contributed by atoms with van der Waals surface area (Å²) in [4.78, 5) is 10.8. The van der Waals surface area contributed by atoms with Crippen LogP contribution in [-0.4, -0.2) is 24.0 Å². The van der Waals surface area contributed by atoms with Crippen molar-refractivity contribution >= 4 is 5.97 Å². The molecule has 2 aromatic carbocycles. The summed E-state index contributed by atoms with van der Waals surface area (Å²) in [6.07, 6.45) is -4.28. The molecule has 4 nitrogen and oxygen atoms in total. The molecule has 1 aliphatic carbocycles. The lowest BCUT2D eigenvalue weighted by molar-refractivity contribution is -0.274. The average Bonchev–Trinajstić information content (AvgIpc) is 3.34. The summed E-state index contributed by atoms with van der Waals surface area (Å²) in [5, 5.41) is 8.83. The number of hydrogen-bond acceptors (Lipinski definition) is 3. The van der Waals surface area contributed by atoms with Gasteiger partial charge in [0, 0.05) is 11.5 Å². The summed E-state index contributed by atoms with van der Waals surface area (Å²) in [5.41, 5.74) is 0.323. The topological polar surface area (TPSA) is 55.8 Å². The van der Waals surface area contributed by atoms with E-state index in [2.05, 4.69) is 4.74 Å². The fraction of sp³-hybridized carbons (Fsp3) is 0.278. The van der Waals surface area contributed by atoms with Crippen LogP contribution in [0.2, 0.25) is 0 Å². The van der Waals surface area contributed by atoms with E-state index in [-0.39, 0.29) is 24.0 Å². The van der Waals surface area contributed by atoms with E-state index >= 15 is 0 Å². The van der Waals surface area contributed by atoms with Crippen molar-refractivity contribution in [3.05, 3.63) is 48.3 Å². The van der Waals surface area contributed by atoms with Gasteiger partial charge in [-0.2, -0.15) is 0 Å². The van der Waals surface area contributed by atoms with E-state index in [1.165, 1.54) is 12.1 Å². The largest absolute Gasteiger partial charge is 0.573 e. The molecule has 3 rings (SSSR count). The highest BCUT2D eigenvalue weighted by molar-refractivity contribution is 5.73. The average molecular weight is 370 g/mol. The van der Waals surface area contributed by atoms with E-state index in [1.807, 2.05) is 0 Å². The molecule has 2 unspecified atom stereocenters. The van der Waals surface area contributed by atoms with Crippen LogP contribution >= 0.6 is 0 Å². The molecule has 0 amide bonds. The number of benzene rings is 2. The minimum absolute atomic E-state index is 0.0270. The van der Waals surface area contributed by atoms with Gasteiger partial charge in [-0.3, -0.25) is 4.79 Å². The summed E-state index contributed by atoms with van der Waals surface area (Å²) in [7, 11) is 0. The zero-order valence-electron chi connectivity index (χ0n) is 13.3. The Morgan fingerprint density at radius 2 is 1.77 bits per heavy atom. The molecule has 1 aliphatic rings. The summed E-state index contributed by atoms with van der Waals surface area (Å²) in [6, 6.07) is 8.88. The van der Waals surface area contributed by atoms with Crippen molar-refractivity contribution in [3.63, 3.8) is 0 Å². The molecule has 0 heterocycles. The number of rotatable bonds is 6. The second-order valence-corrected chi connectivity index (χ2v) is 5.97. The summed E-state index contributed by atoms with van der Waals surface area (Å²) < 4.78 is 60.1. The van der Waals surface area contributed by atoms with Gasteiger partial charge >= 0.3 is 12.3 Å². The number of aliphatic carboxylic acids is 1. The van der Waals surface area contributed by atoms with Gasteiger partial charge < -0.3 is 14.6 Å². The zero-order chi connectivity index (χ0) is 18.9. The van der Waals surface area contributed by atoms with Gasteiger partial charge in [-0.25, -0.2) is 4.39 Å². The van der Waals surface area contributed by atoms with Crippen LogP contribution in [0.5, 0.6) is 11.5 Å². The maximum Gasteiger partial charge on any atom is 0.573 e. The molecule has 2 aromatic rings. The highest BCUT2D eigenvalue weighted by Gasteiger charge is 2.43. The van der Waals surface area contributed by atoms with Crippen molar-refractivity contribution in [2.24, 2.45) is 11.8 Å². The second kappa shape index (κ2) is 6.86. The van der Waals surface area contributed by atoms with Gasteiger partial charge in [-0.1, -0.05) is 12.1 Å². The van der Waals surface area contributed by atoms with Crippen LogP contribution in [0.25, 0.3) is 11.1 Å². The smallest absolute Gasteiger partial charge is 0.493 e.